The molecule has 3 aliphatic rings. The highest BCUT2D eigenvalue weighted by atomic mass is 16.8. The number of methoxy groups -OCH3 is 3. The van der Waals surface area contributed by atoms with Gasteiger partial charge in [0.2, 0.25) is 0 Å². The topological polar surface area (TPSA) is 218 Å². The molecular weight excluding hydrogens is 985 g/mol. The highest BCUT2D eigenvalue weighted by molar-refractivity contribution is 5.89. The van der Waals surface area contributed by atoms with E-state index in [9.17, 15) is 24.6 Å². The van der Waals surface area contributed by atoms with Gasteiger partial charge in [-0.3, -0.25) is 4.79 Å². The number of cyclic esters (lactones) is 1. The number of carbonyl (C=O) groups excluding carboxylic acids is 3. The minimum Gasteiger partial charge on any atom is -0.459 e. The highest BCUT2D eigenvalue weighted by Crippen LogP contribution is 2.43. The Kier molecular flexibility index (Phi) is 22.7. The lowest BCUT2D eigenvalue weighted by Crippen LogP contribution is -2.62. The summed E-state index contributed by atoms with van der Waals surface area (Å²) < 4.78 is 70.0. The summed E-state index contributed by atoms with van der Waals surface area (Å²) in [4.78, 5) is 49.9. The number of ether oxygens (including phenoxy) is 11. The number of likely N-dealkylation sites (N-methyl/N-ethyl adjacent to an activating group) is 1. The van der Waals surface area contributed by atoms with Crippen molar-refractivity contribution in [2.75, 3.05) is 35.0 Å². The third kappa shape index (κ3) is 15.1. The van der Waals surface area contributed by atoms with Gasteiger partial charge in [0.1, 0.15) is 37.6 Å². The van der Waals surface area contributed by atoms with Crippen molar-refractivity contribution in [3.63, 3.8) is 0 Å². The van der Waals surface area contributed by atoms with Gasteiger partial charge in [-0.15, -0.1) is 0 Å². The van der Waals surface area contributed by atoms with E-state index in [1.807, 2.05) is 90.1 Å². The van der Waals surface area contributed by atoms with Crippen LogP contribution in [-0.2, 0) is 75.0 Å². The molecule has 1 amide bonds. The number of aliphatic hydroxyl groups is 2. The molecule has 0 aliphatic carbocycles. The minimum absolute atomic E-state index is 0.0193. The number of benzene rings is 2. The van der Waals surface area contributed by atoms with Crippen LogP contribution in [0.3, 0.4) is 0 Å². The molecule has 3 saturated heterocycles. The number of carbonyl (C=O) groups is 3. The zero-order valence-corrected chi connectivity index (χ0v) is 47.1. The van der Waals surface area contributed by atoms with E-state index in [2.05, 4.69) is 11.7 Å². The molecule has 19 heteroatoms. The number of oxime groups is 1. The SMILES string of the molecule is C=CCO/N=C1\[C@H](C)C[C@@](C)(OC)[C@H](O[C@@H]2O[C@H](C)C[C@H](N(C)C(=O)OCc3ccccc3)[C@H]2OC(=O)OCc2ccccc2)[C@@H](C)[C@H](O[C@H]2C[C@@](C)(OC)[C@@H](OC)[C@H](C)O2)[C@@H](C)C(=O)O[C@H](CC)[C@@](C)(O)[C@H](O)[C@H]1C. The fraction of sp³-hybridized carbons (Fsp3) is 0.684. The monoisotopic (exact) mass is 1070 g/mol. The molecule has 426 valence electrons. The highest BCUT2D eigenvalue weighted by Gasteiger charge is 2.55. The molecule has 2 aromatic rings. The Morgan fingerprint density at radius 3 is 1.99 bits per heavy atom. The molecule has 3 fully saturated rings. The van der Waals surface area contributed by atoms with Crippen molar-refractivity contribution < 1.29 is 81.5 Å². The molecule has 0 spiro atoms. The number of hydrogen-bond acceptors (Lipinski definition) is 18. The minimum atomic E-state index is -1.98. The molecular formula is C57H86N2O17. The van der Waals surface area contributed by atoms with E-state index in [0.29, 0.717) is 11.3 Å². The van der Waals surface area contributed by atoms with Crippen molar-refractivity contribution in [3.8, 4) is 0 Å². The van der Waals surface area contributed by atoms with Gasteiger partial charge in [0.25, 0.3) is 0 Å². The van der Waals surface area contributed by atoms with E-state index >= 15 is 0 Å². The molecule has 19 nitrogen and oxygen atoms in total. The van der Waals surface area contributed by atoms with Crippen molar-refractivity contribution >= 4 is 23.9 Å². The molecule has 0 saturated carbocycles. The summed E-state index contributed by atoms with van der Waals surface area (Å²) in [6.07, 6.45) is -9.95. The van der Waals surface area contributed by atoms with Crippen LogP contribution in [0, 0.1) is 23.7 Å². The van der Waals surface area contributed by atoms with Crippen LogP contribution in [-0.4, -0.2) is 158 Å². The predicted octanol–water partition coefficient (Wildman–Crippen LogP) is 8.15. The first-order chi connectivity index (χ1) is 36.0. The van der Waals surface area contributed by atoms with Gasteiger partial charge in [-0.25, -0.2) is 9.59 Å². The summed E-state index contributed by atoms with van der Waals surface area (Å²) in [7, 11) is 6.24. The Balaban J connectivity index is 1.68. The Morgan fingerprint density at radius 2 is 1.42 bits per heavy atom. The fourth-order valence-electron chi connectivity index (χ4n) is 11.2. The second-order valence-electron chi connectivity index (χ2n) is 21.3. The maximum atomic E-state index is 14.8. The molecule has 0 unspecified atom stereocenters. The lowest BCUT2D eigenvalue weighted by molar-refractivity contribution is -0.320. The lowest BCUT2D eigenvalue weighted by atomic mass is 9.73. The van der Waals surface area contributed by atoms with Crippen LogP contribution in [0.1, 0.15) is 106 Å². The number of hydrogen-bond donors (Lipinski definition) is 2. The molecule has 3 aliphatic heterocycles. The van der Waals surface area contributed by atoms with Crippen molar-refractivity contribution in [1.29, 1.82) is 0 Å². The third-order valence-corrected chi connectivity index (χ3v) is 15.6. The predicted molar refractivity (Wildman–Crippen MR) is 281 cm³/mol. The van der Waals surface area contributed by atoms with Gasteiger partial charge in [0.15, 0.2) is 18.7 Å². The number of esters is 1. The second kappa shape index (κ2) is 27.8. The van der Waals surface area contributed by atoms with Crippen LogP contribution < -0.4 is 0 Å². The maximum absolute atomic E-state index is 14.8. The van der Waals surface area contributed by atoms with Gasteiger partial charge < -0.3 is 72.1 Å². The molecule has 76 heavy (non-hydrogen) atoms. The molecule has 18 atom stereocenters. The normalized spacial score (nSPS) is 37.2. The average Bonchev–Trinajstić information content (AvgIpc) is 3.40. The number of aliphatic hydroxyl groups excluding tert-OH is 1. The van der Waals surface area contributed by atoms with Crippen LogP contribution in [0.5, 0.6) is 0 Å². The zero-order chi connectivity index (χ0) is 56.1. The summed E-state index contributed by atoms with van der Waals surface area (Å²) in [6, 6.07) is 17.4. The van der Waals surface area contributed by atoms with Gasteiger partial charge in [-0.2, -0.15) is 0 Å². The first-order valence-corrected chi connectivity index (χ1v) is 26.5. The molecule has 2 aromatic carbocycles. The number of nitrogens with zero attached hydrogens (tertiary/aromatic N) is 2. The largest absolute Gasteiger partial charge is 0.509 e. The lowest BCUT2D eigenvalue weighted by Gasteiger charge is -2.50. The molecule has 2 N–H and O–H groups in total. The van der Waals surface area contributed by atoms with Crippen molar-refractivity contribution in [2.45, 2.75) is 192 Å². The summed E-state index contributed by atoms with van der Waals surface area (Å²) in [5, 5.41) is 28.9. The molecule has 3 heterocycles. The van der Waals surface area contributed by atoms with Gasteiger partial charge in [-0.1, -0.05) is 106 Å². The van der Waals surface area contributed by atoms with E-state index in [-0.39, 0.29) is 45.5 Å². The van der Waals surface area contributed by atoms with Gasteiger partial charge in [-0.05, 0) is 71.9 Å². The summed E-state index contributed by atoms with van der Waals surface area (Å²) in [6.45, 7) is 21.3. The number of rotatable bonds is 17. The van der Waals surface area contributed by atoms with Crippen LogP contribution >= 0.6 is 0 Å². The molecule has 5 rings (SSSR count). The van der Waals surface area contributed by atoms with Crippen LogP contribution in [0.2, 0.25) is 0 Å². The van der Waals surface area contributed by atoms with Gasteiger partial charge in [0.05, 0.1) is 59.4 Å². The Morgan fingerprint density at radius 1 is 0.829 bits per heavy atom. The van der Waals surface area contributed by atoms with Crippen LogP contribution in [0.25, 0.3) is 0 Å². The fourth-order valence-corrected chi connectivity index (χ4v) is 11.2. The third-order valence-electron chi connectivity index (χ3n) is 15.6. The van der Waals surface area contributed by atoms with Gasteiger partial charge >= 0.3 is 18.2 Å². The van der Waals surface area contributed by atoms with E-state index in [1.54, 1.807) is 54.2 Å². The van der Waals surface area contributed by atoms with E-state index in [1.165, 1.54) is 25.0 Å². The van der Waals surface area contributed by atoms with Gasteiger partial charge in [0, 0.05) is 52.6 Å². The second-order valence-corrected chi connectivity index (χ2v) is 21.3. The summed E-state index contributed by atoms with van der Waals surface area (Å²) in [5.74, 6) is -4.16. The summed E-state index contributed by atoms with van der Waals surface area (Å²) in [5.41, 5.74) is -2.42. The van der Waals surface area contributed by atoms with E-state index in [0.717, 1.165) is 5.56 Å². The molecule has 0 radical (unpaired) electrons. The van der Waals surface area contributed by atoms with E-state index < -0.39 is 126 Å². The average molecular weight is 1070 g/mol. The van der Waals surface area contributed by atoms with Crippen LogP contribution in [0.15, 0.2) is 78.5 Å². The first kappa shape index (κ1) is 62.1. The van der Waals surface area contributed by atoms with Crippen molar-refractivity contribution in [1.82, 2.24) is 4.90 Å². The summed E-state index contributed by atoms with van der Waals surface area (Å²) >= 11 is 0. The zero-order valence-electron chi connectivity index (χ0n) is 47.1. The number of amides is 1. The van der Waals surface area contributed by atoms with E-state index in [4.69, 9.17) is 56.9 Å². The Bertz CT molecular complexity index is 2180. The quantitative estimate of drug-likeness (QED) is 0.0502. The Labute approximate surface area is 449 Å². The van der Waals surface area contributed by atoms with Crippen molar-refractivity contribution in [3.05, 3.63) is 84.4 Å². The molecule has 0 aromatic heterocycles. The standard InChI is InChI=1S/C57H86N2O17/c1-16-28-70-58-45-34(3)30-55(9,66-14)49(37(6)46(74-44-31-56(10,67-15)50(65-13)39(8)72-44)38(7)51(61)73-43(17-2)57(11,64)48(60)36(45)5)76-52-47(75-54(63)69-33-41-26-22-19-23-27-41)42(29-35(4)71-52)59(12)53(62)68-32-40-24-20-18-21-25-40/h16,18-27,34-39,42-44,46-50,52,60,64H,1,17,28-33H2,2-15H3/b58-45+/t34-,35-,36+,37+,38-,39+,42+,43-,44+,46+,47-,48-,49-,50+,52+,55-,56-,57-/m1/s1. The molecule has 0 bridgehead atoms. The van der Waals surface area contributed by atoms with Crippen molar-refractivity contribution in [2.24, 2.45) is 28.8 Å². The van der Waals surface area contributed by atoms with Crippen LogP contribution in [0.4, 0.5) is 9.59 Å². The smallest absolute Gasteiger partial charge is 0.459 e. The maximum Gasteiger partial charge on any atom is 0.509 e. The Hall–Kier alpha value is -4.70. The first-order valence-electron chi connectivity index (χ1n) is 26.5.